The lowest BCUT2D eigenvalue weighted by Crippen LogP contribution is -2.26. The van der Waals surface area contributed by atoms with Crippen LogP contribution in [0.5, 0.6) is 0 Å². The predicted molar refractivity (Wildman–Crippen MR) is 193 cm³/mol. The van der Waals surface area contributed by atoms with Crippen LogP contribution in [0.4, 0.5) is 0 Å². The molecule has 2 atom stereocenters. The Kier molecular flexibility index (Phi) is 32.4. The topological polar surface area (TPSA) is 37.3 Å². The van der Waals surface area contributed by atoms with Crippen molar-refractivity contribution in [2.24, 2.45) is 11.3 Å². The van der Waals surface area contributed by atoms with E-state index in [0.29, 0.717) is 0 Å². The molecule has 2 nitrogen and oxygen atoms in total. The third-order valence-corrected chi connectivity index (χ3v) is 10.3. The summed E-state index contributed by atoms with van der Waals surface area (Å²) in [6.07, 6.45) is 45.0. The fourth-order valence-corrected chi connectivity index (χ4v) is 7.19. The van der Waals surface area contributed by atoms with Gasteiger partial charge in [0.1, 0.15) is 0 Å². The number of rotatable bonds is 36. The average Bonchev–Trinajstić information content (AvgIpc) is 2.99. The summed E-state index contributed by atoms with van der Waals surface area (Å²) in [6.45, 7) is 9.30. The highest BCUT2D eigenvalue weighted by molar-refractivity contribution is 5.70. The maximum atomic E-state index is 12.3. The molecule has 0 aromatic heterocycles. The predicted octanol–water partition coefficient (Wildman–Crippen LogP) is 15.0. The maximum Gasteiger partial charge on any atom is 0.306 e. The molecule has 2 unspecified atom stereocenters. The minimum Gasteiger partial charge on any atom is -0.481 e. The molecular formula is C41H82O2. The summed E-state index contributed by atoms with van der Waals surface area (Å²) in [6, 6.07) is 0. The van der Waals surface area contributed by atoms with Crippen LogP contribution in [0.3, 0.4) is 0 Å². The molecule has 0 aliphatic heterocycles. The molecule has 258 valence electrons. The van der Waals surface area contributed by atoms with Gasteiger partial charge in [-0.1, -0.05) is 220 Å². The Morgan fingerprint density at radius 2 is 0.698 bits per heavy atom. The van der Waals surface area contributed by atoms with Gasteiger partial charge in [0.15, 0.2) is 0 Å². The number of carbonyl (C=O) groups is 1. The van der Waals surface area contributed by atoms with Crippen LogP contribution >= 0.6 is 0 Å². The molecule has 0 aromatic carbocycles. The molecular weight excluding hydrogens is 524 g/mol. The first kappa shape index (κ1) is 42.5. The molecule has 43 heavy (non-hydrogen) atoms. The molecule has 0 heterocycles. The highest BCUT2D eigenvalue weighted by atomic mass is 16.4. The summed E-state index contributed by atoms with van der Waals surface area (Å²) in [4.78, 5) is 12.3. The lowest BCUT2D eigenvalue weighted by Gasteiger charge is -2.33. The molecule has 0 spiro atoms. The number of carboxylic acids is 1. The van der Waals surface area contributed by atoms with E-state index in [4.69, 9.17) is 0 Å². The fraction of sp³-hybridized carbons (Fsp3) is 0.976. The van der Waals surface area contributed by atoms with Gasteiger partial charge in [0.2, 0.25) is 0 Å². The SMILES string of the molecule is CCCCCCCCCCCCCCCCCCC(CC(C)(CCCCCCCC)CCCCCCCCCC)C(=O)O. The summed E-state index contributed by atoms with van der Waals surface area (Å²) in [7, 11) is 0. The second-order valence-electron chi connectivity index (χ2n) is 14.9. The van der Waals surface area contributed by atoms with Gasteiger partial charge in [-0.25, -0.2) is 0 Å². The lowest BCUT2D eigenvalue weighted by molar-refractivity contribution is -0.143. The van der Waals surface area contributed by atoms with E-state index in [9.17, 15) is 9.90 Å². The van der Waals surface area contributed by atoms with E-state index in [-0.39, 0.29) is 11.3 Å². The Morgan fingerprint density at radius 1 is 0.442 bits per heavy atom. The average molecular weight is 607 g/mol. The van der Waals surface area contributed by atoms with Crippen molar-refractivity contribution in [3.05, 3.63) is 0 Å². The standard InChI is InChI=1S/C41H82O2/c1-5-8-11-14-17-19-20-21-22-23-24-25-26-27-29-32-35-39(40(42)43)38-41(4,36-33-30-16-13-10-7-3)37-34-31-28-18-15-12-9-6-2/h39H,5-38H2,1-4H3,(H,42,43). The van der Waals surface area contributed by atoms with Gasteiger partial charge in [0.25, 0.3) is 0 Å². The van der Waals surface area contributed by atoms with E-state index in [1.807, 2.05) is 0 Å². The van der Waals surface area contributed by atoms with Crippen molar-refractivity contribution in [3.63, 3.8) is 0 Å². The van der Waals surface area contributed by atoms with Crippen LogP contribution in [0.15, 0.2) is 0 Å². The van der Waals surface area contributed by atoms with E-state index < -0.39 is 5.97 Å². The Morgan fingerprint density at radius 3 is 0.977 bits per heavy atom. The number of aliphatic carboxylic acids is 1. The highest BCUT2D eigenvalue weighted by Crippen LogP contribution is 2.39. The Bertz CT molecular complexity index is 558. The van der Waals surface area contributed by atoms with Crippen LogP contribution in [-0.4, -0.2) is 11.1 Å². The largest absolute Gasteiger partial charge is 0.481 e. The monoisotopic (exact) mass is 607 g/mol. The third kappa shape index (κ3) is 29.9. The summed E-state index contributed by atoms with van der Waals surface area (Å²) < 4.78 is 0. The second-order valence-corrected chi connectivity index (χ2v) is 14.9. The zero-order valence-corrected chi connectivity index (χ0v) is 30.5. The molecule has 0 saturated heterocycles. The molecule has 0 fully saturated rings. The fourth-order valence-electron chi connectivity index (χ4n) is 7.19. The van der Waals surface area contributed by atoms with E-state index >= 15 is 0 Å². The summed E-state index contributed by atoms with van der Waals surface area (Å²) in [5.41, 5.74) is 0.199. The molecule has 1 N–H and O–H groups in total. The molecule has 0 bridgehead atoms. The maximum absolute atomic E-state index is 12.3. The number of hydrogen-bond acceptors (Lipinski definition) is 1. The van der Waals surface area contributed by atoms with Crippen molar-refractivity contribution in [3.8, 4) is 0 Å². The zero-order chi connectivity index (χ0) is 31.7. The zero-order valence-electron chi connectivity index (χ0n) is 30.5. The molecule has 0 aromatic rings. The molecule has 0 amide bonds. The minimum atomic E-state index is -0.536. The summed E-state index contributed by atoms with van der Waals surface area (Å²) >= 11 is 0. The third-order valence-electron chi connectivity index (χ3n) is 10.3. The van der Waals surface area contributed by atoms with Crippen molar-refractivity contribution >= 4 is 5.97 Å². The number of carboxylic acid groups (broad SMARTS) is 1. The number of hydrogen-bond donors (Lipinski definition) is 1. The van der Waals surface area contributed by atoms with Crippen molar-refractivity contribution in [2.75, 3.05) is 0 Å². The minimum absolute atomic E-state index is 0.147. The van der Waals surface area contributed by atoms with Gasteiger partial charge in [-0.2, -0.15) is 0 Å². The van der Waals surface area contributed by atoms with E-state index in [2.05, 4.69) is 27.7 Å². The van der Waals surface area contributed by atoms with E-state index in [1.54, 1.807) is 0 Å². The van der Waals surface area contributed by atoms with Gasteiger partial charge in [-0.15, -0.1) is 0 Å². The first-order valence-corrected chi connectivity index (χ1v) is 20.2. The highest BCUT2D eigenvalue weighted by Gasteiger charge is 2.30. The van der Waals surface area contributed by atoms with Crippen LogP contribution in [0.25, 0.3) is 0 Å². The molecule has 0 radical (unpaired) electrons. The molecule has 2 heteroatoms. The van der Waals surface area contributed by atoms with Gasteiger partial charge >= 0.3 is 5.97 Å². The lowest BCUT2D eigenvalue weighted by atomic mass is 9.72. The Labute approximate surface area is 272 Å². The Balaban J connectivity index is 4.23. The smallest absolute Gasteiger partial charge is 0.306 e. The van der Waals surface area contributed by atoms with Gasteiger partial charge in [-0.05, 0) is 31.1 Å². The quantitative estimate of drug-likeness (QED) is 0.0720. The second kappa shape index (κ2) is 32.9. The Hall–Kier alpha value is -0.530. The van der Waals surface area contributed by atoms with Crippen LogP contribution < -0.4 is 0 Å². The van der Waals surface area contributed by atoms with Gasteiger partial charge < -0.3 is 5.11 Å². The molecule has 0 rings (SSSR count). The first-order valence-electron chi connectivity index (χ1n) is 20.2. The van der Waals surface area contributed by atoms with Crippen molar-refractivity contribution in [1.29, 1.82) is 0 Å². The van der Waals surface area contributed by atoms with Crippen LogP contribution in [0, 0.1) is 11.3 Å². The van der Waals surface area contributed by atoms with Crippen molar-refractivity contribution in [1.82, 2.24) is 0 Å². The van der Waals surface area contributed by atoms with E-state index in [1.165, 1.54) is 199 Å². The van der Waals surface area contributed by atoms with Crippen LogP contribution in [-0.2, 0) is 4.79 Å². The van der Waals surface area contributed by atoms with Crippen molar-refractivity contribution in [2.45, 2.75) is 246 Å². The van der Waals surface area contributed by atoms with Gasteiger partial charge in [0.05, 0.1) is 5.92 Å². The van der Waals surface area contributed by atoms with Crippen LogP contribution in [0.2, 0.25) is 0 Å². The van der Waals surface area contributed by atoms with Gasteiger partial charge in [-0.3, -0.25) is 4.79 Å². The molecule has 0 saturated carbocycles. The summed E-state index contributed by atoms with van der Waals surface area (Å²) in [5, 5.41) is 10.1. The normalized spacial score (nSPS) is 13.8. The van der Waals surface area contributed by atoms with Crippen LogP contribution in [0.1, 0.15) is 246 Å². The van der Waals surface area contributed by atoms with Gasteiger partial charge in [0, 0.05) is 0 Å². The first-order chi connectivity index (χ1) is 21.0. The number of unbranched alkanes of at least 4 members (excludes halogenated alkanes) is 27. The summed E-state index contributed by atoms with van der Waals surface area (Å²) in [5.74, 6) is -0.683. The van der Waals surface area contributed by atoms with Crippen molar-refractivity contribution < 1.29 is 9.90 Å². The molecule has 0 aliphatic carbocycles. The van der Waals surface area contributed by atoms with E-state index in [0.717, 1.165) is 19.3 Å². The molecule has 0 aliphatic rings.